The maximum atomic E-state index is 13.8. The van der Waals surface area contributed by atoms with Crippen LogP contribution in [0.1, 0.15) is 17.5 Å². The molecule has 37 heavy (non-hydrogen) atoms. The number of aromatic hydroxyl groups is 1. The first-order valence-corrected chi connectivity index (χ1v) is 11.7. The van der Waals surface area contributed by atoms with E-state index in [0.29, 0.717) is 11.3 Å². The number of amides is 2. The van der Waals surface area contributed by atoms with E-state index in [1.54, 1.807) is 19.0 Å². The number of nitrogens with zero attached hydrogens (tertiary/aromatic N) is 2. The highest BCUT2D eigenvalue weighted by molar-refractivity contribution is 6.24. The van der Waals surface area contributed by atoms with Crippen LogP contribution in [0.25, 0.3) is 5.76 Å². The van der Waals surface area contributed by atoms with Gasteiger partial charge >= 0.3 is 0 Å². The maximum absolute atomic E-state index is 13.8. The molecule has 4 atom stereocenters. The Labute approximate surface area is 212 Å². The molecule has 12 heteroatoms. The van der Waals surface area contributed by atoms with Crippen molar-refractivity contribution in [3.63, 3.8) is 0 Å². The van der Waals surface area contributed by atoms with Gasteiger partial charge in [0.25, 0.3) is 5.91 Å². The van der Waals surface area contributed by atoms with Crippen molar-refractivity contribution >= 4 is 34.8 Å². The molecule has 0 aliphatic heterocycles. The number of benzene rings is 1. The Kier molecular flexibility index (Phi) is 6.39. The molecular formula is C25H30N4O8. The number of nitrogens with one attached hydrogen (secondary N) is 1. The third-order valence-corrected chi connectivity index (χ3v) is 7.34. The predicted octanol–water partition coefficient (Wildman–Crippen LogP) is -0.536. The normalized spacial score (nSPS) is 27.3. The summed E-state index contributed by atoms with van der Waals surface area (Å²) >= 11 is 0. The van der Waals surface area contributed by atoms with Gasteiger partial charge in [0.1, 0.15) is 22.8 Å². The summed E-state index contributed by atoms with van der Waals surface area (Å²) in [6.07, 6.45) is 0.0486. The largest absolute Gasteiger partial charge is 0.508 e. The van der Waals surface area contributed by atoms with Crippen molar-refractivity contribution in [3.8, 4) is 5.75 Å². The number of carbonyl (C=O) groups excluding carboxylic acids is 4. The Hall–Kier alpha value is -3.74. The number of hydrogen-bond acceptors (Lipinski definition) is 10. The lowest BCUT2D eigenvalue weighted by Crippen LogP contribution is -2.65. The van der Waals surface area contributed by atoms with Gasteiger partial charge in [-0.1, -0.05) is 0 Å². The van der Waals surface area contributed by atoms with Crippen LogP contribution in [0.4, 0.5) is 5.69 Å². The van der Waals surface area contributed by atoms with Gasteiger partial charge in [-0.15, -0.1) is 0 Å². The lowest BCUT2D eigenvalue weighted by atomic mass is 9.57. The number of hydrogen-bond donors (Lipinski definition) is 6. The van der Waals surface area contributed by atoms with Crippen LogP contribution in [0.3, 0.4) is 0 Å². The summed E-state index contributed by atoms with van der Waals surface area (Å²) < 4.78 is 0. The number of primary amides is 1. The van der Waals surface area contributed by atoms with Crippen LogP contribution >= 0.6 is 0 Å². The van der Waals surface area contributed by atoms with Gasteiger partial charge in [-0.25, -0.2) is 0 Å². The molecule has 0 heterocycles. The number of Topliss-reactive ketones (excluding diaryl/α,β-unsaturated/α-hetero) is 2. The van der Waals surface area contributed by atoms with Gasteiger partial charge in [-0.2, -0.15) is 0 Å². The van der Waals surface area contributed by atoms with E-state index in [2.05, 4.69) is 5.32 Å². The standard InChI is InChI=1S/C25H30N4O8/c1-28(2)9-15(31)27-13-5-6-14(30)17-11(13)7-10-8-12-19(29(3)4)21(33)18(24(26)36)23(35)25(12,37)22(34)16(10)20(17)32/h5-6,10,12,19,30,32,35,37H,7-9H2,1-4H3,(H2,26,36)(H,27,31). The summed E-state index contributed by atoms with van der Waals surface area (Å²) in [5.41, 5.74) is 2.14. The molecule has 0 aromatic heterocycles. The molecule has 198 valence electrons. The number of ketones is 2. The molecule has 12 nitrogen and oxygen atoms in total. The number of phenolic OH excluding ortho intramolecular Hbond substituents is 1. The van der Waals surface area contributed by atoms with Gasteiger partial charge in [0.05, 0.1) is 18.2 Å². The van der Waals surface area contributed by atoms with Crippen LogP contribution in [0.2, 0.25) is 0 Å². The molecule has 1 saturated carbocycles. The molecule has 1 aromatic rings. The van der Waals surface area contributed by atoms with E-state index in [1.807, 2.05) is 0 Å². The molecule has 1 fully saturated rings. The molecule has 2 amide bonds. The Morgan fingerprint density at radius 2 is 1.78 bits per heavy atom. The van der Waals surface area contributed by atoms with E-state index in [-0.39, 0.29) is 42.2 Å². The zero-order chi connectivity index (χ0) is 27.6. The SMILES string of the molecule is CN(C)CC(=O)Nc1ccc(O)c2c1CC1CC3C(N(C)C)C(=O)C(C(N)=O)=C(O)C3(O)C(=O)C1=C2O. The number of aliphatic hydroxyl groups is 3. The Morgan fingerprint density at radius 1 is 1.14 bits per heavy atom. The summed E-state index contributed by atoms with van der Waals surface area (Å²) in [5, 5.41) is 47.0. The van der Waals surface area contributed by atoms with Crippen LogP contribution in [0.5, 0.6) is 5.75 Å². The number of carbonyl (C=O) groups is 4. The summed E-state index contributed by atoms with van der Waals surface area (Å²) in [7, 11) is 6.51. The van der Waals surface area contributed by atoms with Crippen molar-refractivity contribution in [3.05, 3.63) is 40.2 Å². The average molecular weight is 515 g/mol. The van der Waals surface area contributed by atoms with Crippen LogP contribution in [0, 0.1) is 11.8 Å². The molecule has 1 aromatic carbocycles. The maximum Gasteiger partial charge on any atom is 0.255 e. The first-order chi connectivity index (χ1) is 17.2. The summed E-state index contributed by atoms with van der Waals surface area (Å²) in [4.78, 5) is 54.5. The van der Waals surface area contributed by atoms with Crippen LogP contribution in [-0.2, 0) is 25.6 Å². The molecule has 7 N–H and O–H groups in total. The lowest BCUT2D eigenvalue weighted by molar-refractivity contribution is -0.153. The van der Waals surface area contributed by atoms with Gasteiger partial charge in [-0.05, 0) is 64.6 Å². The number of likely N-dealkylation sites (N-methyl/N-ethyl adjacent to an activating group) is 2. The summed E-state index contributed by atoms with van der Waals surface area (Å²) in [6.45, 7) is 0.0835. The second kappa shape index (κ2) is 8.98. The quantitative estimate of drug-likeness (QED) is 0.220. The van der Waals surface area contributed by atoms with Gasteiger partial charge in [0.15, 0.2) is 11.4 Å². The molecule has 0 bridgehead atoms. The van der Waals surface area contributed by atoms with E-state index >= 15 is 0 Å². The molecule has 0 spiro atoms. The monoisotopic (exact) mass is 514 g/mol. The van der Waals surface area contributed by atoms with Crippen molar-refractivity contribution in [2.24, 2.45) is 17.6 Å². The van der Waals surface area contributed by atoms with Crippen molar-refractivity contribution in [2.45, 2.75) is 24.5 Å². The van der Waals surface area contributed by atoms with E-state index < -0.39 is 58.0 Å². The molecule has 0 radical (unpaired) electrons. The number of nitrogens with two attached hydrogens (primary N) is 1. The van der Waals surface area contributed by atoms with E-state index in [4.69, 9.17) is 5.73 Å². The number of fused-ring (bicyclic) bond motifs is 3. The third kappa shape index (κ3) is 3.88. The zero-order valence-corrected chi connectivity index (χ0v) is 20.9. The minimum Gasteiger partial charge on any atom is -0.508 e. The van der Waals surface area contributed by atoms with Crippen LogP contribution < -0.4 is 11.1 Å². The number of rotatable bonds is 5. The highest BCUT2D eigenvalue weighted by Gasteiger charge is 2.64. The fourth-order valence-corrected chi connectivity index (χ4v) is 5.84. The molecule has 3 aliphatic carbocycles. The van der Waals surface area contributed by atoms with Crippen molar-refractivity contribution in [1.82, 2.24) is 9.80 Å². The predicted molar refractivity (Wildman–Crippen MR) is 131 cm³/mol. The summed E-state index contributed by atoms with van der Waals surface area (Å²) in [5.74, 6) is -7.54. The molecule has 3 aliphatic rings. The third-order valence-electron chi connectivity index (χ3n) is 7.34. The Balaban J connectivity index is 1.89. The molecule has 4 rings (SSSR count). The highest BCUT2D eigenvalue weighted by atomic mass is 16.3. The number of aliphatic hydroxyl groups excluding tert-OH is 2. The van der Waals surface area contributed by atoms with Crippen molar-refractivity contribution in [1.29, 1.82) is 0 Å². The molecule has 4 unspecified atom stereocenters. The summed E-state index contributed by atoms with van der Waals surface area (Å²) in [6, 6.07) is 1.58. The zero-order valence-electron chi connectivity index (χ0n) is 20.9. The van der Waals surface area contributed by atoms with Gasteiger partial charge in [0, 0.05) is 17.2 Å². The minimum atomic E-state index is -2.70. The smallest absolute Gasteiger partial charge is 0.255 e. The second-order valence-electron chi connectivity index (χ2n) is 10.2. The molecular weight excluding hydrogens is 484 g/mol. The minimum absolute atomic E-state index is 0.0352. The first kappa shape index (κ1) is 26.3. The van der Waals surface area contributed by atoms with Crippen LogP contribution in [-0.4, -0.2) is 100.0 Å². The van der Waals surface area contributed by atoms with Crippen molar-refractivity contribution in [2.75, 3.05) is 40.1 Å². The molecule has 0 saturated heterocycles. The van der Waals surface area contributed by atoms with E-state index in [1.165, 1.54) is 31.1 Å². The fourth-order valence-electron chi connectivity index (χ4n) is 5.84. The first-order valence-electron chi connectivity index (χ1n) is 11.7. The van der Waals surface area contributed by atoms with E-state index in [0.717, 1.165) is 0 Å². The topological polar surface area (TPSA) is 194 Å². The van der Waals surface area contributed by atoms with E-state index in [9.17, 15) is 39.6 Å². The second-order valence-corrected chi connectivity index (χ2v) is 10.2. The van der Waals surface area contributed by atoms with Gasteiger partial charge in [0.2, 0.25) is 11.7 Å². The fraction of sp³-hybridized carbons (Fsp3) is 0.440. The highest BCUT2D eigenvalue weighted by Crippen LogP contribution is 2.53. The number of phenols is 1. The van der Waals surface area contributed by atoms with Gasteiger partial charge < -0.3 is 36.4 Å². The average Bonchev–Trinajstić information content (AvgIpc) is 2.77. The van der Waals surface area contributed by atoms with Crippen molar-refractivity contribution < 1.29 is 39.6 Å². The van der Waals surface area contributed by atoms with Crippen LogP contribution in [0.15, 0.2) is 29.0 Å². The number of anilines is 1. The Bertz CT molecular complexity index is 1300. The lowest BCUT2D eigenvalue weighted by Gasteiger charge is -2.50. The Morgan fingerprint density at radius 3 is 2.35 bits per heavy atom. The van der Waals surface area contributed by atoms with Gasteiger partial charge in [-0.3, -0.25) is 24.1 Å².